The van der Waals surface area contributed by atoms with Crippen LogP contribution in [0.5, 0.6) is 17.2 Å². The van der Waals surface area contributed by atoms with Crippen LogP contribution in [0.2, 0.25) is 0 Å². The normalized spacial score (nSPS) is 16.1. The molecule has 0 spiro atoms. The molecule has 1 amide bonds. The van der Waals surface area contributed by atoms with Crippen molar-refractivity contribution in [1.82, 2.24) is 4.90 Å². The number of carboxylic acid groups (broad SMARTS) is 1. The molecule has 1 unspecified atom stereocenters. The molecule has 0 aromatic heterocycles. The van der Waals surface area contributed by atoms with Crippen LogP contribution in [0.4, 0.5) is 0 Å². The number of carboxylic acids is 1. The summed E-state index contributed by atoms with van der Waals surface area (Å²) in [5, 5.41) is 9.04. The second-order valence-corrected chi connectivity index (χ2v) is 6.53. The smallest absolute Gasteiger partial charge is 0.308 e. The highest BCUT2D eigenvalue weighted by Gasteiger charge is 2.33. The third-order valence-electron chi connectivity index (χ3n) is 4.54. The number of benzene rings is 2. The molecule has 2 aromatic rings. The first-order chi connectivity index (χ1) is 13.5. The van der Waals surface area contributed by atoms with Crippen molar-refractivity contribution in [2.45, 2.75) is 13.0 Å². The molecule has 28 heavy (non-hydrogen) atoms. The van der Waals surface area contributed by atoms with Crippen LogP contribution in [0.1, 0.15) is 12.0 Å². The second kappa shape index (κ2) is 9.12. The Hall–Kier alpha value is -3.22. The average molecular weight is 385 g/mol. The van der Waals surface area contributed by atoms with Crippen LogP contribution in [0.15, 0.2) is 48.5 Å². The topological polar surface area (TPSA) is 85.3 Å². The highest BCUT2D eigenvalue weighted by atomic mass is 16.5. The SMILES string of the molecule is COc1ccc(OCCOc2ccc(CN3CC(C(=O)O)CC3=O)cc2)cc1. The van der Waals surface area contributed by atoms with Gasteiger partial charge < -0.3 is 24.2 Å². The standard InChI is InChI=1S/C21H23NO6/c1-26-17-6-8-19(9-7-17)28-11-10-27-18-4-2-15(3-5-18)13-22-14-16(21(24)25)12-20(22)23/h2-9,16H,10-14H2,1H3,(H,24,25). The molecule has 2 aromatic carbocycles. The molecule has 7 heteroatoms. The zero-order chi connectivity index (χ0) is 19.9. The highest BCUT2D eigenvalue weighted by molar-refractivity contribution is 5.86. The van der Waals surface area contributed by atoms with Gasteiger partial charge >= 0.3 is 5.97 Å². The molecule has 7 nitrogen and oxygen atoms in total. The minimum Gasteiger partial charge on any atom is -0.497 e. The van der Waals surface area contributed by atoms with Crippen LogP contribution in [0.25, 0.3) is 0 Å². The van der Waals surface area contributed by atoms with Gasteiger partial charge in [0.15, 0.2) is 0 Å². The van der Waals surface area contributed by atoms with Gasteiger partial charge in [-0.2, -0.15) is 0 Å². The lowest BCUT2D eigenvalue weighted by Gasteiger charge is -2.16. The second-order valence-electron chi connectivity index (χ2n) is 6.53. The summed E-state index contributed by atoms with van der Waals surface area (Å²) in [6, 6.07) is 14.7. The summed E-state index contributed by atoms with van der Waals surface area (Å²) in [6.07, 6.45) is 0.0741. The van der Waals surface area contributed by atoms with Crippen LogP contribution >= 0.6 is 0 Å². The minimum atomic E-state index is -0.920. The van der Waals surface area contributed by atoms with Gasteiger partial charge in [-0.3, -0.25) is 9.59 Å². The van der Waals surface area contributed by atoms with E-state index >= 15 is 0 Å². The van der Waals surface area contributed by atoms with Crippen LogP contribution in [-0.4, -0.2) is 48.8 Å². The first-order valence-corrected chi connectivity index (χ1v) is 9.04. The van der Waals surface area contributed by atoms with Crippen molar-refractivity contribution in [1.29, 1.82) is 0 Å². The lowest BCUT2D eigenvalue weighted by molar-refractivity contribution is -0.141. The van der Waals surface area contributed by atoms with Crippen molar-refractivity contribution in [3.05, 3.63) is 54.1 Å². The number of nitrogens with zero attached hydrogens (tertiary/aromatic N) is 1. The summed E-state index contributed by atoms with van der Waals surface area (Å²) in [4.78, 5) is 24.5. The molecule has 1 aliphatic heterocycles. The van der Waals surface area contributed by atoms with E-state index < -0.39 is 11.9 Å². The Morgan fingerprint density at radius 3 is 2.04 bits per heavy atom. The van der Waals surface area contributed by atoms with Crippen molar-refractivity contribution in [3.63, 3.8) is 0 Å². The van der Waals surface area contributed by atoms with Gasteiger partial charge in [0.2, 0.25) is 5.91 Å². The van der Waals surface area contributed by atoms with Gasteiger partial charge in [0, 0.05) is 19.5 Å². The molecule has 1 fully saturated rings. The molecule has 0 radical (unpaired) electrons. The Kier molecular flexibility index (Phi) is 6.37. The Bertz CT molecular complexity index is 803. The first-order valence-electron chi connectivity index (χ1n) is 9.04. The lowest BCUT2D eigenvalue weighted by atomic mass is 10.1. The maximum atomic E-state index is 11.9. The molecule has 1 heterocycles. The van der Waals surface area contributed by atoms with Crippen molar-refractivity contribution in [3.8, 4) is 17.2 Å². The van der Waals surface area contributed by atoms with Gasteiger partial charge in [-0.05, 0) is 42.0 Å². The number of carbonyl (C=O) groups is 2. The molecule has 1 atom stereocenters. The van der Waals surface area contributed by atoms with Crippen molar-refractivity contribution in [2.24, 2.45) is 5.92 Å². The van der Waals surface area contributed by atoms with Crippen LogP contribution < -0.4 is 14.2 Å². The third kappa shape index (κ3) is 5.16. The molecule has 3 rings (SSSR count). The molecule has 1 saturated heterocycles. The molecule has 0 aliphatic carbocycles. The lowest BCUT2D eigenvalue weighted by Crippen LogP contribution is -2.25. The van der Waals surface area contributed by atoms with E-state index in [0.29, 0.717) is 25.5 Å². The minimum absolute atomic E-state index is 0.0741. The van der Waals surface area contributed by atoms with Gasteiger partial charge in [-0.25, -0.2) is 0 Å². The molecule has 148 valence electrons. The summed E-state index contributed by atoms with van der Waals surface area (Å²) < 4.78 is 16.4. The van der Waals surface area contributed by atoms with E-state index in [9.17, 15) is 9.59 Å². The fraction of sp³-hybridized carbons (Fsp3) is 0.333. The van der Waals surface area contributed by atoms with E-state index in [0.717, 1.165) is 17.1 Å². The largest absolute Gasteiger partial charge is 0.497 e. The summed E-state index contributed by atoms with van der Waals surface area (Å²) in [5.41, 5.74) is 0.932. The highest BCUT2D eigenvalue weighted by Crippen LogP contribution is 2.21. The van der Waals surface area contributed by atoms with Crippen LogP contribution in [0, 0.1) is 5.92 Å². The Morgan fingerprint density at radius 2 is 1.54 bits per heavy atom. The van der Waals surface area contributed by atoms with Crippen LogP contribution in [-0.2, 0) is 16.1 Å². The van der Waals surface area contributed by atoms with E-state index in [1.165, 1.54) is 0 Å². The maximum Gasteiger partial charge on any atom is 0.308 e. The van der Waals surface area contributed by atoms with Crippen molar-refractivity contribution >= 4 is 11.9 Å². The van der Waals surface area contributed by atoms with Gasteiger partial charge in [0.1, 0.15) is 30.5 Å². The summed E-state index contributed by atoms with van der Waals surface area (Å²) in [7, 11) is 1.62. The van der Waals surface area contributed by atoms with E-state index in [1.807, 2.05) is 48.5 Å². The molecule has 0 bridgehead atoms. The molecule has 1 N–H and O–H groups in total. The van der Waals surface area contributed by atoms with E-state index in [2.05, 4.69) is 0 Å². The number of methoxy groups -OCH3 is 1. The van der Waals surface area contributed by atoms with Gasteiger partial charge in [-0.1, -0.05) is 12.1 Å². The van der Waals surface area contributed by atoms with Gasteiger partial charge in [0.05, 0.1) is 13.0 Å². The van der Waals surface area contributed by atoms with E-state index in [-0.39, 0.29) is 18.9 Å². The van der Waals surface area contributed by atoms with Crippen LogP contribution in [0.3, 0.4) is 0 Å². The number of amides is 1. The summed E-state index contributed by atoms with van der Waals surface area (Å²) in [6.45, 7) is 1.47. The van der Waals surface area contributed by atoms with Crippen molar-refractivity contribution < 1.29 is 28.9 Å². The number of rotatable bonds is 9. The van der Waals surface area contributed by atoms with Crippen molar-refractivity contribution in [2.75, 3.05) is 26.9 Å². The van der Waals surface area contributed by atoms with E-state index in [1.54, 1.807) is 12.0 Å². The zero-order valence-electron chi connectivity index (χ0n) is 15.7. The predicted molar refractivity (Wildman–Crippen MR) is 102 cm³/mol. The Morgan fingerprint density at radius 1 is 1.00 bits per heavy atom. The third-order valence-corrected chi connectivity index (χ3v) is 4.54. The predicted octanol–water partition coefficient (Wildman–Crippen LogP) is 2.59. The molecular weight excluding hydrogens is 362 g/mol. The number of hydrogen-bond acceptors (Lipinski definition) is 5. The summed E-state index contributed by atoms with van der Waals surface area (Å²) >= 11 is 0. The van der Waals surface area contributed by atoms with Gasteiger partial charge in [-0.15, -0.1) is 0 Å². The average Bonchev–Trinajstić information content (AvgIpc) is 3.08. The zero-order valence-corrected chi connectivity index (χ0v) is 15.7. The quantitative estimate of drug-likeness (QED) is 0.668. The Labute approximate surface area is 163 Å². The molecule has 0 saturated carbocycles. The molecule has 1 aliphatic rings. The fourth-order valence-electron chi connectivity index (χ4n) is 2.99. The summed E-state index contributed by atoms with van der Waals surface area (Å²) in [5.74, 6) is 0.575. The number of ether oxygens (including phenoxy) is 3. The number of likely N-dealkylation sites (tertiary alicyclic amines) is 1. The number of aliphatic carboxylic acids is 1. The number of hydrogen-bond donors (Lipinski definition) is 1. The van der Waals surface area contributed by atoms with Gasteiger partial charge in [0.25, 0.3) is 0 Å². The first kappa shape index (κ1) is 19.5. The Balaban J connectivity index is 1.41. The molecular formula is C21H23NO6. The number of carbonyl (C=O) groups excluding carboxylic acids is 1. The fourth-order valence-corrected chi connectivity index (χ4v) is 2.99. The maximum absolute atomic E-state index is 11.9. The van der Waals surface area contributed by atoms with E-state index in [4.69, 9.17) is 19.3 Å². The monoisotopic (exact) mass is 385 g/mol.